The molecule has 3 aliphatic carbocycles. The molecule has 0 amide bonds. The first-order chi connectivity index (χ1) is 10.5. The van der Waals surface area contributed by atoms with Gasteiger partial charge in [-0.15, -0.1) is 0 Å². The molecule has 0 spiro atoms. The largest absolute Gasteiger partial charge is 0.497 e. The van der Waals surface area contributed by atoms with E-state index in [0.29, 0.717) is 17.8 Å². The van der Waals surface area contributed by atoms with Gasteiger partial charge in [0.2, 0.25) is 0 Å². The molecule has 6 atom stereocenters. The van der Waals surface area contributed by atoms with Crippen LogP contribution in [0.5, 0.6) is 5.75 Å². The van der Waals surface area contributed by atoms with Crippen molar-refractivity contribution in [2.45, 2.75) is 63.9 Å². The number of hydrogen-bond acceptors (Lipinski definition) is 2. The number of ether oxygens (including phenoxy) is 1. The van der Waals surface area contributed by atoms with Gasteiger partial charge in [0.05, 0.1) is 13.2 Å². The number of fused-ring (bicyclic) bond motifs is 5. The Kier molecular flexibility index (Phi) is 3.30. The number of rotatable bonds is 1. The van der Waals surface area contributed by atoms with Crippen molar-refractivity contribution in [3.63, 3.8) is 0 Å². The van der Waals surface area contributed by atoms with Gasteiger partial charge in [0.1, 0.15) is 5.75 Å². The van der Waals surface area contributed by atoms with Crippen molar-refractivity contribution in [3.05, 3.63) is 29.3 Å². The highest BCUT2D eigenvalue weighted by molar-refractivity contribution is 5.42. The molecule has 1 aromatic rings. The molecule has 0 heterocycles. The zero-order chi connectivity index (χ0) is 15.5. The third-order valence-corrected chi connectivity index (χ3v) is 7.24. The van der Waals surface area contributed by atoms with Crippen LogP contribution in [0.3, 0.4) is 0 Å². The first-order valence-electron chi connectivity index (χ1n) is 8.90. The molecular weight excluding hydrogens is 272 g/mol. The Morgan fingerprint density at radius 2 is 2.00 bits per heavy atom. The molecule has 2 fully saturated rings. The lowest BCUT2D eigenvalue weighted by molar-refractivity contribution is -0.0245. The first kappa shape index (κ1) is 14.6. The summed E-state index contributed by atoms with van der Waals surface area (Å²) in [7, 11) is 1.75. The molecule has 2 heteroatoms. The minimum absolute atomic E-state index is 0.0778. The summed E-state index contributed by atoms with van der Waals surface area (Å²) in [4.78, 5) is 0. The molecule has 2 nitrogen and oxygen atoms in total. The van der Waals surface area contributed by atoms with Gasteiger partial charge in [-0.2, -0.15) is 0 Å². The van der Waals surface area contributed by atoms with Crippen LogP contribution < -0.4 is 4.74 Å². The number of benzene rings is 1. The molecule has 2 saturated carbocycles. The summed E-state index contributed by atoms with van der Waals surface area (Å²) in [5, 5.41) is 10.5. The lowest BCUT2D eigenvalue weighted by Gasteiger charge is -2.51. The normalized spacial score (nSPS) is 43.2. The topological polar surface area (TPSA) is 29.5 Å². The van der Waals surface area contributed by atoms with E-state index in [9.17, 15) is 5.11 Å². The van der Waals surface area contributed by atoms with Crippen molar-refractivity contribution in [2.75, 3.05) is 7.11 Å². The third kappa shape index (κ3) is 1.89. The molecule has 0 aliphatic heterocycles. The Balaban J connectivity index is 1.73. The smallest absolute Gasteiger partial charge is 0.119 e. The minimum atomic E-state index is -0.0778. The Morgan fingerprint density at radius 3 is 2.77 bits per heavy atom. The van der Waals surface area contributed by atoms with Crippen molar-refractivity contribution >= 4 is 0 Å². The van der Waals surface area contributed by atoms with Crippen LogP contribution in [0.15, 0.2) is 18.2 Å². The van der Waals surface area contributed by atoms with E-state index in [0.717, 1.165) is 18.1 Å². The number of methoxy groups -OCH3 is 1. The van der Waals surface area contributed by atoms with Crippen molar-refractivity contribution in [3.8, 4) is 5.75 Å². The molecule has 3 aliphatic rings. The molecule has 1 aromatic carbocycles. The molecule has 0 radical (unpaired) electrons. The van der Waals surface area contributed by atoms with Crippen LogP contribution in [0.4, 0.5) is 0 Å². The summed E-state index contributed by atoms with van der Waals surface area (Å²) in [6.07, 6.45) is 5.84. The number of aliphatic hydroxyl groups excluding tert-OH is 1. The van der Waals surface area contributed by atoms with Crippen LogP contribution in [0, 0.1) is 17.3 Å². The van der Waals surface area contributed by atoms with Gasteiger partial charge in [0, 0.05) is 0 Å². The molecule has 4 rings (SSSR count). The fraction of sp³-hybridized carbons (Fsp3) is 0.700. The highest BCUT2D eigenvalue weighted by Gasteiger charge is 2.55. The van der Waals surface area contributed by atoms with Crippen molar-refractivity contribution in [1.29, 1.82) is 0 Å². The summed E-state index contributed by atoms with van der Waals surface area (Å²) in [5.74, 6) is 3.75. The van der Waals surface area contributed by atoms with Crippen LogP contribution in [0.25, 0.3) is 0 Å². The quantitative estimate of drug-likeness (QED) is 0.829. The summed E-state index contributed by atoms with van der Waals surface area (Å²) >= 11 is 0. The summed E-state index contributed by atoms with van der Waals surface area (Å²) in [6.45, 7) is 4.71. The van der Waals surface area contributed by atoms with Crippen molar-refractivity contribution < 1.29 is 9.84 Å². The molecule has 0 saturated heterocycles. The zero-order valence-electron chi connectivity index (χ0n) is 14.0. The Morgan fingerprint density at radius 1 is 1.18 bits per heavy atom. The van der Waals surface area contributed by atoms with E-state index >= 15 is 0 Å². The third-order valence-electron chi connectivity index (χ3n) is 7.24. The number of aliphatic hydroxyl groups is 1. The minimum Gasteiger partial charge on any atom is -0.497 e. The van der Waals surface area contributed by atoms with Crippen LogP contribution >= 0.6 is 0 Å². The Labute approximate surface area is 133 Å². The van der Waals surface area contributed by atoms with E-state index in [4.69, 9.17) is 4.74 Å². The Hall–Kier alpha value is -1.02. The van der Waals surface area contributed by atoms with E-state index in [2.05, 4.69) is 32.0 Å². The maximum Gasteiger partial charge on any atom is 0.119 e. The van der Waals surface area contributed by atoms with Crippen LogP contribution in [0.1, 0.15) is 68.9 Å². The maximum atomic E-state index is 10.5. The lowest BCUT2D eigenvalue weighted by Crippen LogP contribution is -2.44. The molecular formula is C20H28O2. The summed E-state index contributed by atoms with van der Waals surface area (Å²) in [5.41, 5.74) is 3.24. The van der Waals surface area contributed by atoms with E-state index in [1.807, 2.05) is 0 Å². The molecule has 0 bridgehead atoms. The standard InChI is InChI=1S/C20H28O2/c1-12-10-17-15(14-5-4-13(22-3)11-16(12)14)8-9-20(2)18(17)6-7-19(20)21/h4-5,11-12,15,17-19,21H,6-10H2,1-3H3/t12-,15+,17+,18-,19-,20-/m0/s1. The average molecular weight is 300 g/mol. The molecule has 22 heavy (non-hydrogen) atoms. The second kappa shape index (κ2) is 4.99. The van der Waals surface area contributed by atoms with Crippen LogP contribution in [-0.4, -0.2) is 18.3 Å². The van der Waals surface area contributed by atoms with Gasteiger partial charge in [0.25, 0.3) is 0 Å². The van der Waals surface area contributed by atoms with Gasteiger partial charge in [-0.3, -0.25) is 0 Å². The van der Waals surface area contributed by atoms with E-state index < -0.39 is 0 Å². The van der Waals surface area contributed by atoms with Gasteiger partial charge in [-0.25, -0.2) is 0 Å². The highest BCUT2D eigenvalue weighted by Crippen LogP contribution is 2.62. The zero-order valence-corrected chi connectivity index (χ0v) is 14.0. The van der Waals surface area contributed by atoms with Gasteiger partial charge in [-0.05, 0) is 84.5 Å². The van der Waals surface area contributed by atoms with Gasteiger partial charge in [0.15, 0.2) is 0 Å². The molecule has 0 unspecified atom stereocenters. The Bertz CT molecular complexity index is 581. The van der Waals surface area contributed by atoms with E-state index in [-0.39, 0.29) is 11.5 Å². The van der Waals surface area contributed by atoms with Crippen molar-refractivity contribution in [2.24, 2.45) is 17.3 Å². The van der Waals surface area contributed by atoms with Gasteiger partial charge in [-0.1, -0.05) is 19.9 Å². The molecule has 1 N–H and O–H groups in total. The second-order valence-electron chi connectivity index (χ2n) is 8.15. The van der Waals surface area contributed by atoms with E-state index in [1.54, 1.807) is 12.7 Å². The molecule has 120 valence electrons. The maximum absolute atomic E-state index is 10.5. The van der Waals surface area contributed by atoms with Crippen molar-refractivity contribution in [1.82, 2.24) is 0 Å². The first-order valence-corrected chi connectivity index (χ1v) is 8.90. The summed E-state index contributed by atoms with van der Waals surface area (Å²) < 4.78 is 5.43. The van der Waals surface area contributed by atoms with Gasteiger partial charge >= 0.3 is 0 Å². The lowest BCUT2D eigenvalue weighted by atomic mass is 9.54. The summed E-state index contributed by atoms with van der Waals surface area (Å²) in [6, 6.07) is 6.70. The average Bonchev–Trinajstić information content (AvgIpc) is 2.83. The fourth-order valence-electron chi connectivity index (χ4n) is 5.95. The second-order valence-corrected chi connectivity index (χ2v) is 8.15. The predicted octanol–water partition coefficient (Wildman–Crippen LogP) is 4.47. The van der Waals surface area contributed by atoms with Crippen LogP contribution in [-0.2, 0) is 0 Å². The van der Waals surface area contributed by atoms with E-state index in [1.165, 1.54) is 31.2 Å². The molecule has 0 aromatic heterocycles. The fourth-order valence-corrected chi connectivity index (χ4v) is 5.95. The van der Waals surface area contributed by atoms with Gasteiger partial charge < -0.3 is 9.84 Å². The SMILES string of the molecule is COc1ccc2c(c1)[C@@H](C)C[C@@H]1[C@@H]2CC[C@]2(C)[C@@H](O)CC[C@@H]12. The predicted molar refractivity (Wildman–Crippen MR) is 88.3 cm³/mol. The van der Waals surface area contributed by atoms with Crippen LogP contribution in [0.2, 0.25) is 0 Å². The highest BCUT2D eigenvalue weighted by atomic mass is 16.5. The number of hydrogen-bond donors (Lipinski definition) is 1. The monoisotopic (exact) mass is 300 g/mol.